The van der Waals surface area contributed by atoms with Crippen molar-refractivity contribution >= 4 is 11.6 Å². The van der Waals surface area contributed by atoms with Crippen LogP contribution in [0.1, 0.15) is 18.4 Å². The van der Waals surface area contributed by atoms with Crippen LogP contribution in [0.25, 0.3) is 0 Å². The monoisotopic (exact) mass is 270 g/mol. The molecule has 1 aliphatic heterocycles. The van der Waals surface area contributed by atoms with Gasteiger partial charge in [-0.2, -0.15) is 0 Å². The zero-order chi connectivity index (χ0) is 14.0. The molecule has 1 fully saturated rings. The summed E-state index contributed by atoms with van der Waals surface area (Å²) in [5.74, 6) is -2.29. The lowest BCUT2D eigenvalue weighted by Crippen LogP contribution is -2.41. The van der Waals surface area contributed by atoms with E-state index in [2.05, 4.69) is 0 Å². The number of rotatable bonds is 3. The topological polar surface area (TPSA) is 66.6 Å². The number of aliphatic hydroxyl groups excluding tert-OH is 1. The van der Waals surface area contributed by atoms with E-state index >= 15 is 0 Å². The summed E-state index contributed by atoms with van der Waals surface area (Å²) in [6, 6.07) is 2.21. The van der Waals surface area contributed by atoms with E-state index in [9.17, 15) is 13.6 Å². The van der Waals surface area contributed by atoms with Gasteiger partial charge in [0.2, 0.25) is 5.91 Å². The third-order valence-electron chi connectivity index (χ3n) is 3.40. The molecule has 0 bridgehead atoms. The van der Waals surface area contributed by atoms with Gasteiger partial charge < -0.3 is 15.7 Å². The van der Waals surface area contributed by atoms with Crippen LogP contribution in [0.4, 0.5) is 14.5 Å². The van der Waals surface area contributed by atoms with Gasteiger partial charge in [-0.1, -0.05) is 0 Å². The zero-order valence-corrected chi connectivity index (χ0v) is 10.4. The van der Waals surface area contributed by atoms with Crippen molar-refractivity contribution in [1.82, 2.24) is 0 Å². The highest BCUT2D eigenvalue weighted by Crippen LogP contribution is 2.29. The number of hydrogen-bond donors (Lipinski definition) is 2. The molecule has 3 N–H and O–H groups in total. The number of piperidine rings is 1. The Morgan fingerprint density at radius 3 is 2.58 bits per heavy atom. The van der Waals surface area contributed by atoms with Crippen LogP contribution < -0.4 is 10.6 Å². The van der Waals surface area contributed by atoms with Gasteiger partial charge in [0.25, 0.3) is 0 Å². The predicted molar refractivity (Wildman–Crippen MR) is 66.4 cm³/mol. The Labute approximate surface area is 109 Å². The molecule has 1 unspecified atom stereocenters. The van der Waals surface area contributed by atoms with Gasteiger partial charge in [-0.05, 0) is 30.5 Å². The number of benzene rings is 1. The molecule has 1 saturated heterocycles. The summed E-state index contributed by atoms with van der Waals surface area (Å²) in [5.41, 5.74) is 5.28. The van der Waals surface area contributed by atoms with E-state index in [-0.39, 0.29) is 23.7 Å². The Kier molecular flexibility index (Phi) is 3.99. The second-order valence-corrected chi connectivity index (χ2v) is 4.75. The van der Waals surface area contributed by atoms with Crippen molar-refractivity contribution in [3.8, 4) is 0 Å². The van der Waals surface area contributed by atoms with Crippen molar-refractivity contribution in [2.45, 2.75) is 19.4 Å². The average Bonchev–Trinajstić information content (AvgIpc) is 2.38. The van der Waals surface area contributed by atoms with E-state index in [4.69, 9.17) is 10.8 Å². The number of carbonyl (C=O) groups excluding carboxylic acids is 1. The first kappa shape index (κ1) is 13.7. The second-order valence-electron chi connectivity index (χ2n) is 4.75. The van der Waals surface area contributed by atoms with Crippen LogP contribution in [-0.4, -0.2) is 24.1 Å². The maximum atomic E-state index is 13.9. The molecular formula is C13H16F2N2O2. The number of carbonyl (C=O) groups is 1. The van der Waals surface area contributed by atoms with Crippen molar-refractivity contribution in [2.24, 2.45) is 11.7 Å². The van der Waals surface area contributed by atoms with Crippen LogP contribution >= 0.6 is 0 Å². The molecule has 1 heterocycles. The molecule has 4 nitrogen and oxygen atoms in total. The van der Waals surface area contributed by atoms with Crippen molar-refractivity contribution in [2.75, 3.05) is 18.0 Å². The lowest BCUT2D eigenvalue weighted by atomic mass is 9.97. The fourth-order valence-electron chi connectivity index (χ4n) is 2.42. The first-order valence-corrected chi connectivity index (χ1v) is 6.16. The average molecular weight is 270 g/mol. The Morgan fingerprint density at radius 1 is 1.42 bits per heavy atom. The first-order chi connectivity index (χ1) is 9.02. The normalized spacial score (nSPS) is 19.5. The van der Waals surface area contributed by atoms with Gasteiger partial charge in [0, 0.05) is 13.1 Å². The van der Waals surface area contributed by atoms with Gasteiger partial charge >= 0.3 is 0 Å². The van der Waals surface area contributed by atoms with E-state index in [1.54, 1.807) is 0 Å². The van der Waals surface area contributed by atoms with Crippen LogP contribution in [-0.2, 0) is 11.4 Å². The Bertz CT molecular complexity index is 471. The Hall–Kier alpha value is -1.69. The van der Waals surface area contributed by atoms with Crippen molar-refractivity contribution in [3.05, 3.63) is 29.3 Å². The lowest BCUT2D eigenvalue weighted by Gasteiger charge is -2.33. The molecule has 1 amide bonds. The van der Waals surface area contributed by atoms with Crippen LogP contribution in [0.3, 0.4) is 0 Å². The molecule has 2 rings (SSSR count). The third kappa shape index (κ3) is 2.84. The molecule has 0 spiro atoms. The molecule has 1 atom stereocenters. The number of nitrogens with zero attached hydrogens (tertiary/aromatic N) is 1. The number of amides is 1. The number of hydrogen-bond acceptors (Lipinski definition) is 3. The van der Waals surface area contributed by atoms with E-state index < -0.39 is 24.1 Å². The number of primary amides is 1. The van der Waals surface area contributed by atoms with E-state index in [1.807, 2.05) is 0 Å². The minimum Gasteiger partial charge on any atom is -0.392 e. The minimum absolute atomic E-state index is 0.150. The third-order valence-corrected chi connectivity index (χ3v) is 3.40. The molecule has 6 heteroatoms. The fourth-order valence-corrected chi connectivity index (χ4v) is 2.42. The first-order valence-electron chi connectivity index (χ1n) is 6.16. The number of halogens is 2. The van der Waals surface area contributed by atoms with Gasteiger partial charge in [0.1, 0.15) is 17.3 Å². The summed E-state index contributed by atoms with van der Waals surface area (Å²) in [7, 11) is 0. The second kappa shape index (κ2) is 5.52. The fraction of sp³-hybridized carbons (Fsp3) is 0.462. The van der Waals surface area contributed by atoms with Crippen molar-refractivity contribution < 1.29 is 18.7 Å². The number of aliphatic hydroxyl groups is 1. The lowest BCUT2D eigenvalue weighted by molar-refractivity contribution is -0.122. The molecule has 0 saturated carbocycles. The summed E-state index contributed by atoms with van der Waals surface area (Å²) in [6.45, 7) is 0.287. The van der Waals surface area contributed by atoms with Gasteiger partial charge in [0.05, 0.1) is 12.5 Å². The number of anilines is 1. The predicted octanol–water partition coefficient (Wildman–Crippen LogP) is 1.16. The smallest absolute Gasteiger partial charge is 0.222 e. The van der Waals surface area contributed by atoms with Crippen LogP contribution in [0, 0.1) is 17.6 Å². The number of nitrogens with two attached hydrogens (primary N) is 1. The molecule has 1 aromatic rings. The van der Waals surface area contributed by atoms with Crippen LogP contribution in [0.2, 0.25) is 0 Å². The summed E-state index contributed by atoms with van der Waals surface area (Å²) >= 11 is 0. The quantitative estimate of drug-likeness (QED) is 0.866. The van der Waals surface area contributed by atoms with Gasteiger partial charge in [-0.3, -0.25) is 4.79 Å². The largest absolute Gasteiger partial charge is 0.392 e. The highest BCUT2D eigenvalue weighted by Gasteiger charge is 2.27. The molecule has 1 aromatic carbocycles. The molecule has 0 aromatic heterocycles. The van der Waals surface area contributed by atoms with Crippen LogP contribution in [0.15, 0.2) is 12.1 Å². The zero-order valence-electron chi connectivity index (χ0n) is 10.4. The summed E-state index contributed by atoms with van der Waals surface area (Å²) in [4.78, 5) is 12.7. The molecule has 1 aliphatic rings. The molecular weight excluding hydrogens is 254 g/mol. The summed E-state index contributed by atoms with van der Waals surface area (Å²) in [6.07, 6.45) is 1.30. The van der Waals surface area contributed by atoms with Gasteiger partial charge in [-0.25, -0.2) is 8.78 Å². The summed E-state index contributed by atoms with van der Waals surface area (Å²) < 4.78 is 27.8. The Morgan fingerprint density at radius 2 is 2.05 bits per heavy atom. The van der Waals surface area contributed by atoms with Crippen LogP contribution in [0.5, 0.6) is 0 Å². The summed E-state index contributed by atoms with van der Waals surface area (Å²) in [5, 5.41) is 8.89. The Balaban J connectivity index is 2.28. The van der Waals surface area contributed by atoms with Crippen molar-refractivity contribution in [1.29, 1.82) is 0 Å². The van der Waals surface area contributed by atoms with E-state index in [1.165, 1.54) is 4.90 Å². The standard InChI is InChI=1S/C13H16F2N2O2/c14-10-4-8(7-18)5-11(15)12(10)17-3-1-2-9(6-17)13(16)19/h4-5,9,18H,1-3,6-7H2,(H2,16,19). The van der Waals surface area contributed by atoms with Gasteiger partial charge in [-0.15, -0.1) is 0 Å². The van der Waals surface area contributed by atoms with Crippen molar-refractivity contribution in [3.63, 3.8) is 0 Å². The van der Waals surface area contributed by atoms with E-state index in [0.29, 0.717) is 19.4 Å². The van der Waals surface area contributed by atoms with Gasteiger partial charge in [0.15, 0.2) is 0 Å². The molecule has 104 valence electrons. The minimum atomic E-state index is -0.728. The van der Waals surface area contributed by atoms with E-state index in [0.717, 1.165) is 12.1 Å². The highest BCUT2D eigenvalue weighted by molar-refractivity contribution is 5.77. The SMILES string of the molecule is NC(=O)C1CCCN(c2c(F)cc(CO)cc2F)C1. The highest BCUT2D eigenvalue weighted by atomic mass is 19.1. The molecule has 0 aliphatic carbocycles. The molecule has 19 heavy (non-hydrogen) atoms. The maximum absolute atomic E-state index is 13.9. The maximum Gasteiger partial charge on any atom is 0.222 e. The molecule has 0 radical (unpaired) electrons.